The Morgan fingerprint density at radius 1 is 1.36 bits per heavy atom. The van der Waals surface area contributed by atoms with Crippen LogP contribution in [0, 0.1) is 5.82 Å². The molecule has 3 nitrogen and oxygen atoms in total. The van der Waals surface area contributed by atoms with E-state index in [2.05, 4.69) is 27.8 Å². The summed E-state index contributed by atoms with van der Waals surface area (Å²) in [5, 5.41) is 7.05. The summed E-state index contributed by atoms with van der Waals surface area (Å²) in [7, 11) is 0. The third-order valence-corrected chi connectivity index (χ3v) is 3.74. The van der Waals surface area contributed by atoms with E-state index in [0.29, 0.717) is 29.6 Å². The number of nitrogens with zero attached hydrogens (tertiary/aromatic N) is 1. The zero-order chi connectivity index (χ0) is 15.1. The Morgan fingerprint density at radius 2 is 2.09 bits per heavy atom. The van der Waals surface area contributed by atoms with E-state index in [-0.39, 0.29) is 29.8 Å². The number of hydrogen-bond acceptors (Lipinski definition) is 1. The van der Waals surface area contributed by atoms with Gasteiger partial charge in [-0.2, -0.15) is 0 Å². The first-order chi connectivity index (χ1) is 10.2. The average molecular weight is 438 g/mol. The van der Waals surface area contributed by atoms with E-state index in [1.165, 1.54) is 6.07 Å². The summed E-state index contributed by atoms with van der Waals surface area (Å²) >= 11 is 6.02. The Labute approximate surface area is 153 Å². The molecule has 0 bridgehead atoms. The number of aliphatic imine (C=N–C) groups is 1. The van der Waals surface area contributed by atoms with E-state index >= 15 is 0 Å². The SMILES string of the molecule is CCNC(=NCCc1c(F)cccc1Cl)NC1CC=CC1.I. The van der Waals surface area contributed by atoms with Gasteiger partial charge in [0, 0.05) is 29.7 Å². The molecule has 0 heterocycles. The lowest BCUT2D eigenvalue weighted by molar-refractivity contribution is 0.608. The van der Waals surface area contributed by atoms with Crippen LogP contribution in [-0.2, 0) is 6.42 Å². The van der Waals surface area contributed by atoms with E-state index in [1.807, 2.05) is 6.92 Å². The minimum Gasteiger partial charge on any atom is -0.357 e. The zero-order valence-electron chi connectivity index (χ0n) is 12.6. The highest BCUT2D eigenvalue weighted by atomic mass is 127. The van der Waals surface area contributed by atoms with Gasteiger partial charge >= 0.3 is 0 Å². The monoisotopic (exact) mass is 437 g/mol. The van der Waals surface area contributed by atoms with Crippen LogP contribution in [0.2, 0.25) is 5.02 Å². The summed E-state index contributed by atoms with van der Waals surface area (Å²) in [4.78, 5) is 4.50. The van der Waals surface area contributed by atoms with Gasteiger partial charge in [0.2, 0.25) is 0 Å². The third kappa shape index (κ3) is 5.76. The molecule has 0 saturated carbocycles. The summed E-state index contributed by atoms with van der Waals surface area (Å²) in [6.07, 6.45) is 6.86. The Hall–Kier alpha value is -0.820. The number of hydrogen-bond donors (Lipinski definition) is 2. The fourth-order valence-corrected chi connectivity index (χ4v) is 2.56. The Balaban J connectivity index is 0.00000242. The average Bonchev–Trinajstić information content (AvgIpc) is 2.95. The molecule has 122 valence electrons. The van der Waals surface area contributed by atoms with Crippen molar-refractivity contribution in [3.8, 4) is 0 Å². The van der Waals surface area contributed by atoms with Crippen LogP contribution in [0.15, 0.2) is 35.3 Å². The number of nitrogens with one attached hydrogen (secondary N) is 2. The summed E-state index contributed by atoms with van der Waals surface area (Å²) in [5.41, 5.74) is 0.529. The number of rotatable bonds is 5. The van der Waals surface area contributed by atoms with Crippen molar-refractivity contribution in [1.29, 1.82) is 0 Å². The maximum Gasteiger partial charge on any atom is 0.191 e. The van der Waals surface area contributed by atoms with Crippen LogP contribution in [0.5, 0.6) is 0 Å². The molecule has 22 heavy (non-hydrogen) atoms. The van der Waals surface area contributed by atoms with Crippen LogP contribution >= 0.6 is 35.6 Å². The van der Waals surface area contributed by atoms with Gasteiger partial charge in [-0.3, -0.25) is 4.99 Å². The van der Waals surface area contributed by atoms with Gasteiger partial charge < -0.3 is 10.6 Å². The lowest BCUT2D eigenvalue weighted by atomic mass is 10.1. The Morgan fingerprint density at radius 3 is 2.73 bits per heavy atom. The van der Waals surface area contributed by atoms with Gasteiger partial charge in [-0.25, -0.2) is 4.39 Å². The van der Waals surface area contributed by atoms with Crippen molar-refractivity contribution in [2.75, 3.05) is 13.1 Å². The molecule has 0 radical (unpaired) electrons. The molecule has 1 aliphatic rings. The molecule has 0 atom stereocenters. The van der Waals surface area contributed by atoms with Crippen LogP contribution in [0.3, 0.4) is 0 Å². The molecule has 0 aliphatic heterocycles. The van der Waals surface area contributed by atoms with Gasteiger partial charge in [-0.05, 0) is 38.3 Å². The van der Waals surface area contributed by atoms with Crippen LogP contribution in [-0.4, -0.2) is 25.1 Å². The second-order valence-corrected chi connectivity index (χ2v) is 5.40. The van der Waals surface area contributed by atoms with Crippen molar-refractivity contribution in [2.45, 2.75) is 32.2 Å². The van der Waals surface area contributed by atoms with E-state index in [0.717, 1.165) is 25.3 Å². The molecule has 0 aromatic heterocycles. The van der Waals surface area contributed by atoms with Crippen molar-refractivity contribution in [3.63, 3.8) is 0 Å². The van der Waals surface area contributed by atoms with Crippen molar-refractivity contribution >= 4 is 41.5 Å². The zero-order valence-corrected chi connectivity index (χ0v) is 15.7. The highest BCUT2D eigenvalue weighted by molar-refractivity contribution is 14.0. The van der Waals surface area contributed by atoms with E-state index in [4.69, 9.17) is 11.6 Å². The van der Waals surface area contributed by atoms with Crippen molar-refractivity contribution < 1.29 is 4.39 Å². The van der Waals surface area contributed by atoms with Gasteiger partial charge in [0.15, 0.2) is 5.96 Å². The lowest BCUT2D eigenvalue weighted by Crippen LogP contribution is -2.42. The second kappa shape index (κ2) is 10.0. The molecule has 1 aromatic rings. The summed E-state index contributed by atoms with van der Waals surface area (Å²) in [5.74, 6) is 0.509. The second-order valence-electron chi connectivity index (χ2n) is 4.99. The highest BCUT2D eigenvalue weighted by Gasteiger charge is 2.11. The number of halogens is 3. The molecule has 0 spiro atoms. The Bertz CT molecular complexity index is 506. The summed E-state index contributed by atoms with van der Waals surface area (Å²) < 4.78 is 13.7. The molecule has 0 fully saturated rings. The van der Waals surface area contributed by atoms with Crippen LogP contribution in [0.25, 0.3) is 0 Å². The van der Waals surface area contributed by atoms with E-state index in [1.54, 1.807) is 12.1 Å². The van der Waals surface area contributed by atoms with Crippen molar-refractivity contribution in [1.82, 2.24) is 10.6 Å². The van der Waals surface area contributed by atoms with Crippen LogP contribution < -0.4 is 10.6 Å². The number of benzene rings is 1. The van der Waals surface area contributed by atoms with Gasteiger partial charge in [-0.15, -0.1) is 24.0 Å². The van der Waals surface area contributed by atoms with Gasteiger partial charge in [0.25, 0.3) is 0 Å². The standard InChI is InChI=1S/C16H21ClFN3.HI/c1-2-19-16(21-12-6-3-4-7-12)20-11-10-13-14(17)8-5-9-15(13)18;/h3-5,8-9,12H,2,6-7,10-11H2,1H3,(H2,19,20,21);1H. The first-order valence-corrected chi connectivity index (χ1v) is 7.71. The van der Waals surface area contributed by atoms with Crippen LogP contribution in [0.4, 0.5) is 4.39 Å². The van der Waals surface area contributed by atoms with Crippen LogP contribution in [0.1, 0.15) is 25.3 Å². The fourth-order valence-electron chi connectivity index (χ4n) is 2.30. The molecular formula is C16H22ClFIN3. The maximum atomic E-state index is 13.7. The third-order valence-electron chi connectivity index (χ3n) is 3.39. The lowest BCUT2D eigenvalue weighted by Gasteiger charge is -2.16. The van der Waals surface area contributed by atoms with Crippen molar-refractivity contribution in [2.24, 2.45) is 4.99 Å². The smallest absolute Gasteiger partial charge is 0.191 e. The molecule has 2 N–H and O–H groups in total. The molecule has 0 saturated heterocycles. The molecule has 1 aliphatic carbocycles. The maximum absolute atomic E-state index is 13.7. The molecular weight excluding hydrogens is 416 g/mol. The number of guanidine groups is 1. The first-order valence-electron chi connectivity index (χ1n) is 7.33. The molecule has 6 heteroatoms. The Kier molecular flexibility index (Phi) is 8.78. The van der Waals surface area contributed by atoms with Crippen molar-refractivity contribution in [3.05, 3.63) is 46.8 Å². The molecule has 0 amide bonds. The summed E-state index contributed by atoms with van der Waals surface area (Å²) in [6, 6.07) is 5.15. The molecule has 1 aromatic carbocycles. The van der Waals surface area contributed by atoms with Gasteiger partial charge in [0.1, 0.15) is 5.82 Å². The van der Waals surface area contributed by atoms with E-state index < -0.39 is 0 Å². The highest BCUT2D eigenvalue weighted by Crippen LogP contribution is 2.19. The largest absolute Gasteiger partial charge is 0.357 e. The molecule has 2 rings (SSSR count). The van der Waals surface area contributed by atoms with Gasteiger partial charge in [0.05, 0.1) is 0 Å². The predicted octanol–water partition coefficient (Wildman–Crippen LogP) is 3.91. The predicted molar refractivity (Wildman–Crippen MR) is 102 cm³/mol. The molecule has 0 unspecified atom stereocenters. The minimum absolute atomic E-state index is 0. The quantitative estimate of drug-likeness (QED) is 0.317. The first kappa shape index (κ1) is 19.2. The van der Waals surface area contributed by atoms with Gasteiger partial charge in [-0.1, -0.05) is 29.8 Å². The fraction of sp³-hybridized carbons (Fsp3) is 0.438. The summed E-state index contributed by atoms with van der Waals surface area (Å²) in [6.45, 7) is 3.32. The topological polar surface area (TPSA) is 36.4 Å². The minimum atomic E-state index is -0.268. The van der Waals surface area contributed by atoms with E-state index in [9.17, 15) is 4.39 Å². The normalized spacial score (nSPS) is 14.8.